The van der Waals surface area contributed by atoms with Crippen molar-refractivity contribution in [3.05, 3.63) is 65.2 Å². The molecule has 0 spiro atoms. The van der Waals surface area contributed by atoms with Crippen LogP contribution in [0, 0.1) is 0 Å². The summed E-state index contributed by atoms with van der Waals surface area (Å²) in [6.07, 6.45) is -0.663. The number of halogens is 3. The number of benzene rings is 2. The van der Waals surface area contributed by atoms with Crippen molar-refractivity contribution in [1.29, 1.82) is 0 Å². The highest BCUT2D eigenvalue weighted by atomic mass is 31.2. The number of carbonyl (C=O) groups is 1. The first-order valence-corrected chi connectivity index (χ1v) is 13.5. The molecule has 0 saturated carbocycles. The topological polar surface area (TPSA) is 127 Å². The Morgan fingerprint density at radius 3 is 2.52 bits per heavy atom. The Labute approximate surface area is 231 Å². The van der Waals surface area contributed by atoms with Gasteiger partial charge in [0.05, 0.1) is 25.4 Å². The number of aromatic nitrogens is 2. The summed E-state index contributed by atoms with van der Waals surface area (Å²) in [5, 5.41) is 4.95. The number of anilines is 1. The number of hydrogen-bond donors (Lipinski definition) is 2. The maximum Gasteiger partial charge on any atom is 0.351 e. The predicted octanol–water partition coefficient (Wildman–Crippen LogP) is 4.64. The van der Waals surface area contributed by atoms with E-state index in [1.807, 2.05) is 56.3 Å². The second kappa shape index (κ2) is 17.6. The molecule has 1 aromatic heterocycles. The van der Waals surface area contributed by atoms with E-state index in [4.69, 9.17) is 24.3 Å². The summed E-state index contributed by atoms with van der Waals surface area (Å²) in [5.74, 6) is 0.624. The van der Waals surface area contributed by atoms with Gasteiger partial charge in [-0.2, -0.15) is 4.98 Å². The number of carbonyl (C=O) groups excluding carboxylic acids is 1. The number of rotatable bonds is 10. The Morgan fingerprint density at radius 2 is 1.90 bits per heavy atom. The van der Waals surface area contributed by atoms with E-state index in [0.29, 0.717) is 18.1 Å². The third-order valence-electron chi connectivity index (χ3n) is 5.32. The molecular weight excluding hydrogens is 552 g/mol. The number of nitrogen functional groups attached to an aromatic ring is 1. The maximum atomic E-state index is 14.5. The van der Waals surface area contributed by atoms with Crippen molar-refractivity contribution in [2.75, 3.05) is 32.9 Å². The van der Waals surface area contributed by atoms with Crippen LogP contribution in [0.1, 0.15) is 26.5 Å². The lowest BCUT2D eigenvalue weighted by atomic mass is 10.1. The van der Waals surface area contributed by atoms with E-state index >= 15 is 0 Å². The molecule has 1 aliphatic rings. The third kappa shape index (κ3) is 10.8. The average Bonchev–Trinajstić information content (AvgIpc) is 3.30. The Morgan fingerprint density at radius 1 is 1.23 bits per heavy atom. The zero-order chi connectivity index (χ0) is 29.5. The Hall–Kier alpha value is -3.09. The molecule has 14 heteroatoms. The molecule has 0 bridgehead atoms. The highest BCUT2D eigenvalue weighted by Gasteiger charge is 2.38. The Bertz CT molecular complexity index is 1240. The minimum absolute atomic E-state index is 0.0131. The molecule has 1 saturated heterocycles. The first-order valence-electron chi connectivity index (χ1n) is 12.3. The first-order chi connectivity index (χ1) is 19.2. The van der Waals surface area contributed by atoms with E-state index in [1.165, 1.54) is 12.3 Å². The first kappa shape index (κ1) is 33.1. The highest BCUT2D eigenvalue weighted by Crippen LogP contribution is 2.38. The molecule has 4 atom stereocenters. The smallest absolute Gasteiger partial charge is 0.351 e. The number of alkyl halides is 3. The van der Waals surface area contributed by atoms with Crippen LogP contribution in [0.5, 0.6) is 5.75 Å². The van der Waals surface area contributed by atoms with Crippen LogP contribution in [0.2, 0.25) is 0 Å². The van der Waals surface area contributed by atoms with Gasteiger partial charge in [0.2, 0.25) is 6.93 Å². The van der Waals surface area contributed by atoms with Gasteiger partial charge in [0.25, 0.3) is 0 Å². The molecular formula is C26H34F3N4O6P. The SMILES string of the molecule is COC(C)C.FCF.Nc1ccn(C2OC(COP(NCC=O)Oc3ccc4ccccc4c3)CC2F)c(=O)n1. The lowest BCUT2D eigenvalue weighted by molar-refractivity contribution is -0.106. The number of nitrogens with one attached hydrogen (secondary N) is 1. The molecule has 1 fully saturated rings. The Balaban J connectivity index is 0.000000621. The molecule has 0 amide bonds. The summed E-state index contributed by atoms with van der Waals surface area (Å²) in [5.41, 5.74) is 4.79. The van der Waals surface area contributed by atoms with Crippen molar-refractivity contribution in [3.8, 4) is 5.75 Å². The van der Waals surface area contributed by atoms with Crippen LogP contribution in [-0.2, 0) is 18.8 Å². The van der Waals surface area contributed by atoms with Gasteiger partial charge in [-0.1, -0.05) is 30.3 Å². The van der Waals surface area contributed by atoms with Gasteiger partial charge < -0.3 is 29.0 Å². The predicted molar refractivity (Wildman–Crippen MR) is 147 cm³/mol. The molecule has 0 aliphatic carbocycles. The number of hydrogen-bond acceptors (Lipinski definition) is 9. The highest BCUT2D eigenvalue weighted by molar-refractivity contribution is 7.45. The molecule has 3 N–H and O–H groups in total. The summed E-state index contributed by atoms with van der Waals surface area (Å²) < 4.78 is 57.0. The van der Waals surface area contributed by atoms with Gasteiger partial charge in [-0.15, -0.1) is 0 Å². The number of ether oxygens (including phenoxy) is 2. The van der Waals surface area contributed by atoms with Gasteiger partial charge in [-0.3, -0.25) is 4.57 Å². The van der Waals surface area contributed by atoms with Crippen LogP contribution in [0.25, 0.3) is 10.8 Å². The molecule has 2 aromatic carbocycles. The van der Waals surface area contributed by atoms with E-state index < -0.39 is 39.6 Å². The maximum absolute atomic E-state index is 14.5. The van der Waals surface area contributed by atoms with Crippen molar-refractivity contribution < 1.29 is 36.5 Å². The Kier molecular flexibility index (Phi) is 14.5. The zero-order valence-electron chi connectivity index (χ0n) is 22.4. The van der Waals surface area contributed by atoms with Gasteiger partial charge >= 0.3 is 14.2 Å². The summed E-state index contributed by atoms with van der Waals surface area (Å²) in [7, 11) is 0.0103. The normalized spacial score (nSPS) is 18.8. The minimum atomic E-state index is -1.75. The van der Waals surface area contributed by atoms with Gasteiger partial charge in [-0.25, -0.2) is 23.1 Å². The zero-order valence-corrected chi connectivity index (χ0v) is 23.3. The number of fused-ring (bicyclic) bond motifs is 1. The van der Waals surface area contributed by atoms with E-state index in [1.54, 1.807) is 7.11 Å². The molecule has 3 aromatic rings. The van der Waals surface area contributed by atoms with Crippen molar-refractivity contribution >= 4 is 31.4 Å². The summed E-state index contributed by atoms with van der Waals surface area (Å²) >= 11 is 0. The van der Waals surface area contributed by atoms with Crippen LogP contribution in [0.3, 0.4) is 0 Å². The van der Waals surface area contributed by atoms with Crippen molar-refractivity contribution in [3.63, 3.8) is 0 Å². The van der Waals surface area contributed by atoms with E-state index in [2.05, 4.69) is 10.1 Å². The van der Waals surface area contributed by atoms with Crippen LogP contribution >= 0.6 is 8.53 Å². The van der Waals surface area contributed by atoms with E-state index in [-0.39, 0.29) is 25.4 Å². The molecule has 4 rings (SSSR count). The number of nitrogens with zero attached hydrogens (tertiary/aromatic N) is 2. The van der Waals surface area contributed by atoms with Crippen LogP contribution in [-0.4, -0.2) is 61.4 Å². The van der Waals surface area contributed by atoms with Gasteiger partial charge in [0.1, 0.15) is 24.0 Å². The van der Waals surface area contributed by atoms with Crippen molar-refractivity contribution in [2.24, 2.45) is 0 Å². The van der Waals surface area contributed by atoms with Gasteiger partial charge in [0, 0.05) is 19.7 Å². The third-order valence-corrected chi connectivity index (χ3v) is 6.52. The molecule has 1 aliphatic heterocycles. The monoisotopic (exact) mass is 586 g/mol. The second-order valence-electron chi connectivity index (χ2n) is 8.51. The van der Waals surface area contributed by atoms with Crippen LogP contribution in [0.4, 0.5) is 19.0 Å². The molecule has 40 heavy (non-hydrogen) atoms. The molecule has 2 heterocycles. The fraction of sp³-hybridized carbons (Fsp3) is 0.423. The van der Waals surface area contributed by atoms with Crippen molar-refractivity contribution in [2.45, 2.75) is 44.9 Å². The summed E-state index contributed by atoms with van der Waals surface area (Å²) in [6.45, 7) is 2.30. The molecule has 0 radical (unpaired) electrons. The lowest BCUT2D eigenvalue weighted by Gasteiger charge is -2.20. The van der Waals surface area contributed by atoms with Crippen molar-refractivity contribution in [1.82, 2.24) is 14.6 Å². The largest absolute Gasteiger partial charge is 0.436 e. The fourth-order valence-electron chi connectivity index (χ4n) is 3.36. The second-order valence-corrected chi connectivity index (χ2v) is 9.78. The van der Waals surface area contributed by atoms with Crippen LogP contribution in [0.15, 0.2) is 59.5 Å². The lowest BCUT2D eigenvalue weighted by Crippen LogP contribution is -2.30. The number of aldehydes is 1. The number of methoxy groups -OCH3 is 1. The number of nitrogens with two attached hydrogens (primary N) is 1. The summed E-state index contributed by atoms with van der Waals surface area (Å²) in [4.78, 5) is 26.4. The fourth-order valence-corrected chi connectivity index (χ4v) is 4.40. The van der Waals surface area contributed by atoms with Gasteiger partial charge in [0.15, 0.2) is 6.23 Å². The van der Waals surface area contributed by atoms with E-state index in [0.717, 1.165) is 15.3 Å². The van der Waals surface area contributed by atoms with Crippen LogP contribution < -0.4 is 21.0 Å². The summed E-state index contributed by atoms with van der Waals surface area (Å²) in [6, 6.07) is 14.8. The standard InChI is InChI=1S/C21H22FN4O5P.C4H10O.CH2F2/c22-18-12-17(30-20(18)26-9-7-19(23)25-21(26)28)13-29-32(24-8-10-27)31-16-6-5-14-3-1-2-4-15(14)11-16;1-4(2)5-3;2-1-3/h1-7,9-11,17-18,20,24H,8,12-13H2,(H2,23,25,28);4H,1-3H3;1H2. The van der Waals surface area contributed by atoms with Gasteiger partial charge in [-0.05, 0) is 42.8 Å². The quantitative estimate of drug-likeness (QED) is 0.258. The molecule has 10 nitrogen and oxygen atoms in total. The molecule has 220 valence electrons. The molecule has 4 unspecified atom stereocenters. The average molecular weight is 587 g/mol. The van der Waals surface area contributed by atoms with E-state index in [9.17, 15) is 22.8 Å². The minimum Gasteiger partial charge on any atom is -0.436 e.